The highest BCUT2D eigenvalue weighted by atomic mass is 16.5. The Labute approximate surface area is 150 Å². The van der Waals surface area contributed by atoms with Crippen LogP contribution in [0.5, 0.6) is 5.75 Å². The van der Waals surface area contributed by atoms with Crippen molar-refractivity contribution in [3.05, 3.63) is 54.1 Å². The number of aromatic nitrogens is 6. The molecule has 0 fully saturated rings. The van der Waals surface area contributed by atoms with Crippen LogP contribution in [0.1, 0.15) is 11.4 Å². The molecule has 8 heteroatoms. The number of anilines is 2. The van der Waals surface area contributed by atoms with Crippen molar-refractivity contribution >= 4 is 22.7 Å². The van der Waals surface area contributed by atoms with E-state index in [1.807, 2.05) is 55.2 Å². The third-order valence-corrected chi connectivity index (χ3v) is 4.09. The van der Waals surface area contributed by atoms with E-state index < -0.39 is 0 Å². The van der Waals surface area contributed by atoms with E-state index in [9.17, 15) is 0 Å². The third kappa shape index (κ3) is 3.08. The van der Waals surface area contributed by atoms with E-state index in [0.29, 0.717) is 18.2 Å². The van der Waals surface area contributed by atoms with Crippen molar-refractivity contribution in [3.8, 4) is 5.75 Å². The largest absolute Gasteiger partial charge is 0.497 e. The normalized spacial score (nSPS) is 11.0. The number of hydrogen-bond acceptors (Lipinski definition) is 6. The van der Waals surface area contributed by atoms with Crippen molar-refractivity contribution in [1.82, 2.24) is 29.5 Å². The standard InChI is InChI=1S/C18H19N7O/c1-12-20-17(15-10-19-24(2)18(15)21-12)22-16-8-9-25(23-16)11-13-4-6-14(26-3)7-5-13/h4-10H,11H2,1-3H3,(H,20,21,22,23). The second-order valence-corrected chi connectivity index (χ2v) is 6.00. The molecule has 0 saturated heterocycles. The summed E-state index contributed by atoms with van der Waals surface area (Å²) in [6.07, 6.45) is 3.69. The zero-order chi connectivity index (χ0) is 18.1. The molecule has 0 unspecified atom stereocenters. The molecule has 0 aliphatic heterocycles. The number of fused-ring (bicyclic) bond motifs is 1. The van der Waals surface area contributed by atoms with Gasteiger partial charge in [0, 0.05) is 19.3 Å². The molecule has 132 valence electrons. The van der Waals surface area contributed by atoms with Crippen LogP contribution >= 0.6 is 0 Å². The van der Waals surface area contributed by atoms with Gasteiger partial charge in [-0.15, -0.1) is 0 Å². The van der Waals surface area contributed by atoms with E-state index in [-0.39, 0.29) is 0 Å². The summed E-state index contributed by atoms with van der Waals surface area (Å²) in [5, 5.41) is 13.0. The average molecular weight is 349 g/mol. The second kappa shape index (κ2) is 6.47. The lowest BCUT2D eigenvalue weighted by Crippen LogP contribution is -2.03. The molecular formula is C18H19N7O. The fourth-order valence-corrected chi connectivity index (χ4v) is 2.78. The number of methoxy groups -OCH3 is 1. The minimum absolute atomic E-state index is 0.677. The Morgan fingerprint density at radius 3 is 2.69 bits per heavy atom. The molecule has 3 heterocycles. The van der Waals surface area contributed by atoms with E-state index in [4.69, 9.17) is 4.74 Å². The van der Waals surface area contributed by atoms with Gasteiger partial charge in [-0.1, -0.05) is 12.1 Å². The molecule has 3 aromatic heterocycles. The van der Waals surface area contributed by atoms with Gasteiger partial charge in [0.1, 0.15) is 17.4 Å². The fourth-order valence-electron chi connectivity index (χ4n) is 2.78. The molecule has 0 amide bonds. The summed E-state index contributed by atoms with van der Waals surface area (Å²) in [7, 11) is 3.52. The van der Waals surface area contributed by atoms with Crippen molar-refractivity contribution in [2.24, 2.45) is 7.05 Å². The number of aryl methyl sites for hydroxylation is 2. The fraction of sp³-hybridized carbons (Fsp3) is 0.222. The quantitative estimate of drug-likeness (QED) is 0.596. The summed E-state index contributed by atoms with van der Waals surface area (Å²) < 4.78 is 8.79. The van der Waals surface area contributed by atoms with Crippen LogP contribution in [0, 0.1) is 6.92 Å². The maximum atomic E-state index is 5.19. The maximum Gasteiger partial charge on any atom is 0.163 e. The Hall–Kier alpha value is -3.42. The molecular weight excluding hydrogens is 330 g/mol. The summed E-state index contributed by atoms with van der Waals surface area (Å²) >= 11 is 0. The van der Waals surface area contributed by atoms with E-state index in [1.165, 1.54) is 0 Å². The van der Waals surface area contributed by atoms with Gasteiger partial charge in [-0.05, 0) is 24.6 Å². The Bertz CT molecular complexity index is 1050. The first-order valence-electron chi connectivity index (χ1n) is 8.22. The molecule has 0 bridgehead atoms. The van der Waals surface area contributed by atoms with Crippen LogP contribution in [0.3, 0.4) is 0 Å². The van der Waals surface area contributed by atoms with Crippen molar-refractivity contribution in [2.45, 2.75) is 13.5 Å². The Balaban J connectivity index is 1.55. The predicted molar refractivity (Wildman–Crippen MR) is 98.6 cm³/mol. The Kier molecular flexibility index (Phi) is 4.00. The molecule has 8 nitrogen and oxygen atoms in total. The van der Waals surface area contributed by atoms with Crippen LogP contribution in [-0.4, -0.2) is 36.6 Å². The SMILES string of the molecule is COc1ccc(Cn2ccc(Nc3nc(C)nc4c3cnn4C)n2)cc1. The van der Waals surface area contributed by atoms with Gasteiger partial charge in [-0.3, -0.25) is 9.36 Å². The van der Waals surface area contributed by atoms with Gasteiger partial charge in [-0.25, -0.2) is 9.97 Å². The molecule has 1 aromatic carbocycles. The molecule has 0 aliphatic rings. The summed E-state index contributed by atoms with van der Waals surface area (Å²) in [5.74, 6) is 2.95. The number of nitrogens with one attached hydrogen (secondary N) is 1. The number of ether oxygens (including phenoxy) is 1. The molecule has 0 spiro atoms. The highest BCUT2D eigenvalue weighted by molar-refractivity contribution is 5.88. The summed E-state index contributed by atoms with van der Waals surface area (Å²) in [5.41, 5.74) is 1.94. The minimum atomic E-state index is 0.677. The lowest BCUT2D eigenvalue weighted by Gasteiger charge is -2.06. The van der Waals surface area contributed by atoms with Crippen molar-refractivity contribution in [3.63, 3.8) is 0 Å². The Morgan fingerprint density at radius 1 is 1.12 bits per heavy atom. The predicted octanol–water partition coefficient (Wildman–Crippen LogP) is 2.67. The molecule has 0 aliphatic carbocycles. The van der Waals surface area contributed by atoms with Crippen LogP contribution in [0.15, 0.2) is 42.7 Å². The van der Waals surface area contributed by atoms with Gasteiger partial charge < -0.3 is 10.1 Å². The highest BCUT2D eigenvalue weighted by Gasteiger charge is 2.11. The average Bonchev–Trinajstić information content (AvgIpc) is 3.23. The van der Waals surface area contributed by atoms with Crippen LogP contribution in [0.4, 0.5) is 11.6 Å². The van der Waals surface area contributed by atoms with Crippen LogP contribution in [-0.2, 0) is 13.6 Å². The van der Waals surface area contributed by atoms with Gasteiger partial charge >= 0.3 is 0 Å². The second-order valence-electron chi connectivity index (χ2n) is 6.00. The third-order valence-electron chi connectivity index (χ3n) is 4.09. The summed E-state index contributed by atoms with van der Waals surface area (Å²) in [6.45, 7) is 2.54. The first-order chi connectivity index (χ1) is 12.6. The maximum absolute atomic E-state index is 5.19. The van der Waals surface area contributed by atoms with Gasteiger partial charge in [-0.2, -0.15) is 10.2 Å². The monoisotopic (exact) mass is 349 g/mol. The Morgan fingerprint density at radius 2 is 1.92 bits per heavy atom. The number of rotatable bonds is 5. The number of nitrogens with zero attached hydrogens (tertiary/aromatic N) is 6. The lowest BCUT2D eigenvalue weighted by molar-refractivity contribution is 0.414. The molecule has 1 N–H and O–H groups in total. The summed E-state index contributed by atoms with van der Waals surface area (Å²) in [6, 6.07) is 9.87. The van der Waals surface area contributed by atoms with Crippen LogP contribution in [0.25, 0.3) is 11.0 Å². The van der Waals surface area contributed by atoms with Gasteiger partial charge in [0.05, 0.1) is 25.2 Å². The molecule has 0 radical (unpaired) electrons. The topological polar surface area (TPSA) is 82.7 Å². The number of benzene rings is 1. The van der Waals surface area contributed by atoms with Crippen LogP contribution in [0.2, 0.25) is 0 Å². The van der Waals surface area contributed by atoms with E-state index in [1.54, 1.807) is 18.0 Å². The smallest absolute Gasteiger partial charge is 0.163 e. The van der Waals surface area contributed by atoms with Crippen molar-refractivity contribution in [2.75, 3.05) is 12.4 Å². The zero-order valence-corrected chi connectivity index (χ0v) is 14.8. The number of hydrogen-bond donors (Lipinski definition) is 1. The molecule has 4 aromatic rings. The highest BCUT2D eigenvalue weighted by Crippen LogP contribution is 2.22. The van der Waals surface area contributed by atoms with Gasteiger partial charge in [0.2, 0.25) is 0 Å². The summed E-state index contributed by atoms with van der Waals surface area (Å²) in [4.78, 5) is 8.91. The molecule has 0 atom stereocenters. The lowest BCUT2D eigenvalue weighted by atomic mass is 10.2. The van der Waals surface area contributed by atoms with Gasteiger partial charge in [0.15, 0.2) is 11.5 Å². The van der Waals surface area contributed by atoms with E-state index in [2.05, 4.69) is 25.5 Å². The molecule has 4 rings (SSSR count). The first-order valence-corrected chi connectivity index (χ1v) is 8.22. The zero-order valence-electron chi connectivity index (χ0n) is 14.8. The van der Waals surface area contributed by atoms with Crippen molar-refractivity contribution < 1.29 is 4.74 Å². The van der Waals surface area contributed by atoms with E-state index in [0.717, 1.165) is 28.2 Å². The first kappa shape index (κ1) is 16.1. The molecule has 0 saturated carbocycles. The van der Waals surface area contributed by atoms with Crippen LogP contribution < -0.4 is 10.1 Å². The van der Waals surface area contributed by atoms with Crippen molar-refractivity contribution in [1.29, 1.82) is 0 Å². The molecule has 26 heavy (non-hydrogen) atoms. The van der Waals surface area contributed by atoms with Gasteiger partial charge in [0.25, 0.3) is 0 Å². The van der Waals surface area contributed by atoms with E-state index >= 15 is 0 Å². The minimum Gasteiger partial charge on any atom is -0.497 e.